The molecule has 2 atom stereocenters. The molecule has 1 aromatic rings. The molecule has 2 amide bonds. The predicted octanol–water partition coefficient (Wildman–Crippen LogP) is 1.51. The van der Waals surface area contributed by atoms with Crippen LogP contribution >= 0.6 is 0 Å². The van der Waals surface area contributed by atoms with E-state index in [1.807, 2.05) is 0 Å². The first-order valence-corrected chi connectivity index (χ1v) is 8.17. The van der Waals surface area contributed by atoms with Gasteiger partial charge in [0.05, 0.1) is 7.11 Å². The molecule has 1 rings (SSSR count). The summed E-state index contributed by atoms with van der Waals surface area (Å²) in [6.07, 6.45) is -0.550. The molecule has 0 aliphatic carbocycles. The molecule has 0 saturated carbocycles. The van der Waals surface area contributed by atoms with Crippen LogP contribution < -0.4 is 10.6 Å². The van der Waals surface area contributed by atoms with Crippen LogP contribution in [0.5, 0.6) is 5.75 Å². The quantitative estimate of drug-likeness (QED) is 0.658. The van der Waals surface area contributed by atoms with E-state index in [9.17, 15) is 19.5 Å². The minimum absolute atomic E-state index is 0.0996. The van der Waals surface area contributed by atoms with Crippen molar-refractivity contribution in [2.75, 3.05) is 7.11 Å². The van der Waals surface area contributed by atoms with E-state index in [0.29, 0.717) is 0 Å². The highest BCUT2D eigenvalue weighted by Gasteiger charge is 2.26. The van der Waals surface area contributed by atoms with Gasteiger partial charge in [-0.3, -0.25) is 4.79 Å². The standard InChI is InChI=1S/C18H26N2O6/c1-11(19-17(24)26-18(2,3)4)15(22)20-14(16(23)25-5)10-12-6-8-13(21)9-7-12/h6-9,11,14,21H,10H2,1-5H3,(H,19,24)(H,20,22)/t11-,14+/m0/s1. The lowest BCUT2D eigenvalue weighted by Crippen LogP contribution is -2.51. The summed E-state index contributed by atoms with van der Waals surface area (Å²) in [4.78, 5) is 36.0. The Morgan fingerprint density at radius 2 is 1.69 bits per heavy atom. The molecule has 0 radical (unpaired) electrons. The molecule has 0 fully saturated rings. The molecule has 0 bridgehead atoms. The maximum atomic E-state index is 12.3. The number of alkyl carbamates (subject to hydrolysis) is 1. The van der Waals surface area contributed by atoms with Crippen molar-refractivity contribution >= 4 is 18.0 Å². The van der Waals surface area contributed by atoms with E-state index in [-0.39, 0.29) is 12.2 Å². The number of nitrogens with one attached hydrogen (secondary N) is 2. The van der Waals surface area contributed by atoms with Crippen molar-refractivity contribution in [2.45, 2.75) is 51.8 Å². The highest BCUT2D eigenvalue weighted by molar-refractivity contribution is 5.89. The molecule has 0 saturated heterocycles. The molecular formula is C18H26N2O6. The summed E-state index contributed by atoms with van der Waals surface area (Å²) in [5, 5.41) is 14.3. The van der Waals surface area contributed by atoms with Crippen molar-refractivity contribution < 1.29 is 29.0 Å². The molecular weight excluding hydrogens is 340 g/mol. The minimum atomic E-state index is -0.931. The Labute approximate surface area is 152 Å². The number of hydrogen-bond donors (Lipinski definition) is 3. The fraction of sp³-hybridized carbons (Fsp3) is 0.500. The second kappa shape index (κ2) is 9.07. The number of aromatic hydroxyl groups is 1. The number of benzene rings is 1. The number of esters is 1. The number of phenols is 1. The molecule has 0 spiro atoms. The van der Waals surface area contributed by atoms with Crippen molar-refractivity contribution in [3.63, 3.8) is 0 Å². The summed E-state index contributed by atoms with van der Waals surface area (Å²) in [6.45, 7) is 6.61. The summed E-state index contributed by atoms with van der Waals surface area (Å²) < 4.78 is 9.81. The van der Waals surface area contributed by atoms with Crippen LogP contribution in [0.3, 0.4) is 0 Å². The van der Waals surface area contributed by atoms with Crippen LogP contribution in [-0.2, 0) is 25.5 Å². The summed E-state index contributed by atoms with van der Waals surface area (Å²) in [7, 11) is 1.22. The molecule has 144 valence electrons. The Balaban J connectivity index is 2.71. The fourth-order valence-corrected chi connectivity index (χ4v) is 2.05. The third kappa shape index (κ3) is 7.42. The van der Waals surface area contributed by atoms with Gasteiger partial charge in [-0.25, -0.2) is 9.59 Å². The highest BCUT2D eigenvalue weighted by Crippen LogP contribution is 2.12. The molecule has 0 unspecified atom stereocenters. The maximum Gasteiger partial charge on any atom is 0.408 e. The van der Waals surface area contributed by atoms with Crippen molar-refractivity contribution in [3.8, 4) is 5.75 Å². The van der Waals surface area contributed by atoms with Crippen LogP contribution in [0, 0.1) is 0 Å². The first-order chi connectivity index (χ1) is 12.0. The maximum absolute atomic E-state index is 12.3. The molecule has 26 heavy (non-hydrogen) atoms. The second-order valence-corrected chi connectivity index (χ2v) is 6.82. The number of carbonyl (C=O) groups excluding carboxylic acids is 3. The first kappa shape index (κ1) is 21.3. The lowest BCUT2D eigenvalue weighted by Gasteiger charge is -2.23. The van der Waals surface area contributed by atoms with Gasteiger partial charge in [0.1, 0.15) is 23.4 Å². The Kier molecular flexibility index (Phi) is 7.42. The Hall–Kier alpha value is -2.77. The molecule has 3 N–H and O–H groups in total. The zero-order valence-electron chi connectivity index (χ0n) is 15.7. The van der Waals surface area contributed by atoms with E-state index in [4.69, 9.17) is 9.47 Å². The predicted molar refractivity (Wildman–Crippen MR) is 94.6 cm³/mol. The average Bonchev–Trinajstić information content (AvgIpc) is 2.53. The molecule has 8 heteroatoms. The van der Waals surface area contributed by atoms with Gasteiger partial charge < -0.3 is 25.2 Å². The van der Waals surface area contributed by atoms with Crippen LogP contribution in [0.25, 0.3) is 0 Å². The summed E-state index contributed by atoms with van der Waals surface area (Å²) in [5.41, 5.74) is 0.0412. The van der Waals surface area contributed by atoms with Gasteiger partial charge in [0.25, 0.3) is 0 Å². The topological polar surface area (TPSA) is 114 Å². The number of hydrogen-bond acceptors (Lipinski definition) is 6. The number of rotatable bonds is 6. The third-order valence-electron chi connectivity index (χ3n) is 3.30. The van der Waals surface area contributed by atoms with Gasteiger partial charge in [-0.15, -0.1) is 0 Å². The minimum Gasteiger partial charge on any atom is -0.508 e. The summed E-state index contributed by atoms with van der Waals surface area (Å²) in [5.74, 6) is -1.07. The Morgan fingerprint density at radius 3 is 2.19 bits per heavy atom. The van der Waals surface area contributed by atoms with E-state index >= 15 is 0 Å². The van der Waals surface area contributed by atoms with Gasteiger partial charge in [0, 0.05) is 6.42 Å². The zero-order chi connectivity index (χ0) is 19.9. The van der Waals surface area contributed by atoms with Gasteiger partial charge in [-0.05, 0) is 45.4 Å². The van der Waals surface area contributed by atoms with Crippen LogP contribution in [0.2, 0.25) is 0 Å². The van der Waals surface area contributed by atoms with E-state index in [2.05, 4.69) is 10.6 Å². The molecule has 0 aliphatic heterocycles. The molecule has 1 aromatic carbocycles. The van der Waals surface area contributed by atoms with Crippen molar-refractivity contribution in [1.29, 1.82) is 0 Å². The molecule has 0 aromatic heterocycles. The van der Waals surface area contributed by atoms with Gasteiger partial charge in [0.2, 0.25) is 5.91 Å². The third-order valence-corrected chi connectivity index (χ3v) is 3.30. The highest BCUT2D eigenvalue weighted by atomic mass is 16.6. The van der Waals surface area contributed by atoms with Gasteiger partial charge in [-0.2, -0.15) is 0 Å². The Morgan fingerprint density at radius 1 is 1.12 bits per heavy atom. The monoisotopic (exact) mass is 366 g/mol. The van der Waals surface area contributed by atoms with E-state index in [1.54, 1.807) is 32.9 Å². The smallest absolute Gasteiger partial charge is 0.408 e. The average molecular weight is 366 g/mol. The van der Waals surface area contributed by atoms with Crippen molar-refractivity contribution in [3.05, 3.63) is 29.8 Å². The van der Waals surface area contributed by atoms with Crippen LogP contribution in [0.4, 0.5) is 4.79 Å². The normalized spacial score (nSPS) is 13.3. The van der Waals surface area contributed by atoms with Crippen molar-refractivity contribution in [1.82, 2.24) is 10.6 Å². The van der Waals surface area contributed by atoms with Crippen LogP contribution in [0.1, 0.15) is 33.3 Å². The largest absolute Gasteiger partial charge is 0.508 e. The summed E-state index contributed by atoms with van der Waals surface area (Å²) in [6, 6.07) is 4.41. The lowest BCUT2D eigenvalue weighted by molar-refractivity contribution is -0.145. The number of carbonyl (C=O) groups is 3. The fourth-order valence-electron chi connectivity index (χ4n) is 2.05. The zero-order valence-corrected chi connectivity index (χ0v) is 15.7. The van der Waals surface area contributed by atoms with E-state index in [1.165, 1.54) is 26.2 Å². The Bertz CT molecular complexity index is 636. The number of amides is 2. The number of phenolic OH excluding ortho intramolecular Hbond substituents is 1. The van der Waals surface area contributed by atoms with Crippen molar-refractivity contribution in [2.24, 2.45) is 0 Å². The summed E-state index contributed by atoms with van der Waals surface area (Å²) >= 11 is 0. The second-order valence-electron chi connectivity index (χ2n) is 6.82. The molecule has 8 nitrogen and oxygen atoms in total. The van der Waals surface area contributed by atoms with E-state index in [0.717, 1.165) is 5.56 Å². The number of ether oxygens (including phenoxy) is 2. The lowest BCUT2D eigenvalue weighted by atomic mass is 10.1. The van der Waals surface area contributed by atoms with Crippen LogP contribution in [0.15, 0.2) is 24.3 Å². The van der Waals surface area contributed by atoms with Gasteiger partial charge in [0.15, 0.2) is 0 Å². The number of methoxy groups -OCH3 is 1. The van der Waals surface area contributed by atoms with Crippen LogP contribution in [-0.4, -0.2) is 47.9 Å². The molecule has 0 heterocycles. The van der Waals surface area contributed by atoms with Gasteiger partial charge >= 0.3 is 12.1 Å². The SMILES string of the molecule is COC(=O)[C@@H](Cc1ccc(O)cc1)NC(=O)[C@H](C)NC(=O)OC(C)(C)C. The first-order valence-electron chi connectivity index (χ1n) is 8.17. The van der Waals surface area contributed by atoms with E-state index < -0.39 is 35.7 Å². The molecule has 0 aliphatic rings. The van der Waals surface area contributed by atoms with Gasteiger partial charge in [-0.1, -0.05) is 12.1 Å².